The van der Waals surface area contributed by atoms with Gasteiger partial charge in [-0.15, -0.1) is 0 Å². The summed E-state index contributed by atoms with van der Waals surface area (Å²) < 4.78 is 2.21. The number of nitrogens with one attached hydrogen (secondary N) is 1. The van der Waals surface area contributed by atoms with Gasteiger partial charge in [-0.05, 0) is 55.2 Å². The van der Waals surface area contributed by atoms with Crippen molar-refractivity contribution in [1.29, 1.82) is 0 Å². The van der Waals surface area contributed by atoms with E-state index in [0.717, 1.165) is 36.3 Å². The van der Waals surface area contributed by atoms with Crippen LogP contribution in [-0.4, -0.2) is 9.67 Å². The third-order valence-corrected chi connectivity index (χ3v) is 3.32. The highest BCUT2D eigenvalue weighted by atomic mass is 16.3. The predicted molar refractivity (Wildman–Crippen MR) is 79.6 cm³/mol. The lowest BCUT2D eigenvalue weighted by molar-refractivity contribution is 0.471. The molecule has 0 aliphatic heterocycles. The van der Waals surface area contributed by atoms with E-state index >= 15 is 0 Å². The van der Waals surface area contributed by atoms with E-state index in [1.165, 1.54) is 5.56 Å². The van der Waals surface area contributed by atoms with Crippen molar-refractivity contribution >= 4 is 5.69 Å². The number of benzene rings is 1. The van der Waals surface area contributed by atoms with E-state index in [9.17, 15) is 5.11 Å². The van der Waals surface area contributed by atoms with Crippen LogP contribution in [0.1, 0.15) is 30.0 Å². The molecule has 19 heavy (non-hydrogen) atoms. The summed E-state index contributed by atoms with van der Waals surface area (Å²) >= 11 is 0. The van der Waals surface area contributed by atoms with Crippen molar-refractivity contribution in [2.45, 2.75) is 40.3 Å². The van der Waals surface area contributed by atoms with Crippen molar-refractivity contribution in [3.8, 4) is 5.75 Å². The van der Waals surface area contributed by atoms with Crippen LogP contribution >= 0.6 is 0 Å². The van der Waals surface area contributed by atoms with E-state index in [1.54, 1.807) is 6.07 Å². The second kappa shape index (κ2) is 5.83. The summed E-state index contributed by atoms with van der Waals surface area (Å²) in [6.45, 7) is 7.97. The van der Waals surface area contributed by atoms with Gasteiger partial charge in [0.05, 0.1) is 0 Å². The number of phenolic OH excluding ortho intramolecular Hbond substituents is 1. The van der Waals surface area contributed by atoms with Crippen LogP contribution in [0.4, 0.5) is 5.69 Å². The molecule has 0 radical (unpaired) electrons. The maximum Gasteiger partial charge on any atom is 0.118 e. The average Bonchev–Trinajstić information content (AvgIpc) is 2.80. The predicted octanol–water partition coefficient (Wildman–Crippen LogP) is 3.83. The van der Waals surface area contributed by atoms with Crippen LogP contribution in [0.15, 0.2) is 30.6 Å². The molecule has 3 heteroatoms. The summed E-state index contributed by atoms with van der Waals surface area (Å²) in [5, 5.41) is 13.1. The lowest BCUT2D eigenvalue weighted by atomic mass is 10.1. The zero-order valence-corrected chi connectivity index (χ0v) is 11.9. The molecule has 2 N–H and O–H groups in total. The highest BCUT2D eigenvalue weighted by Gasteiger charge is 2.04. The van der Waals surface area contributed by atoms with Gasteiger partial charge in [0.15, 0.2) is 0 Å². The van der Waals surface area contributed by atoms with Crippen molar-refractivity contribution in [3.63, 3.8) is 0 Å². The first-order valence-electron chi connectivity index (χ1n) is 6.79. The summed E-state index contributed by atoms with van der Waals surface area (Å²) in [6.07, 6.45) is 5.45. The Kier molecular flexibility index (Phi) is 4.15. The van der Waals surface area contributed by atoms with Crippen LogP contribution < -0.4 is 5.32 Å². The molecule has 1 heterocycles. The Balaban J connectivity index is 2.03. The lowest BCUT2D eigenvalue weighted by Crippen LogP contribution is -2.01. The molecule has 102 valence electrons. The van der Waals surface area contributed by atoms with Gasteiger partial charge in [0.25, 0.3) is 0 Å². The third kappa shape index (κ3) is 3.31. The van der Waals surface area contributed by atoms with Gasteiger partial charge in [0, 0.05) is 31.2 Å². The minimum Gasteiger partial charge on any atom is -0.508 e. The Bertz CT molecular complexity index is 558. The Morgan fingerprint density at radius 1 is 1.21 bits per heavy atom. The molecule has 0 saturated heterocycles. The minimum atomic E-state index is 0.358. The molecule has 0 unspecified atom stereocenters. The van der Waals surface area contributed by atoms with E-state index in [-0.39, 0.29) is 0 Å². The number of anilines is 1. The maximum atomic E-state index is 9.64. The van der Waals surface area contributed by atoms with Crippen molar-refractivity contribution in [1.82, 2.24) is 4.57 Å². The lowest BCUT2D eigenvalue weighted by Gasteiger charge is -2.11. The summed E-state index contributed by atoms with van der Waals surface area (Å²) in [6, 6.07) is 5.94. The fourth-order valence-corrected chi connectivity index (χ4v) is 2.18. The monoisotopic (exact) mass is 258 g/mol. The number of hydrogen-bond acceptors (Lipinski definition) is 2. The van der Waals surface area contributed by atoms with Crippen LogP contribution in [-0.2, 0) is 13.1 Å². The van der Waals surface area contributed by atoms with E-state index < -0.39 is 0 Å². The molecule has 0 saturated carbocycles. The summed E-state index contributed by atoms with van der Waals surface area (Å²) in [7, 11) is 0. The molecule has 1 aromatic heterocycles. The van der Waals surface area contributed by atoms with E-state index in [0.29, 0.717) is 5.75 Å². The Morgan fingerprint density at radius 2 is 2.00 bits per heavy atom. The summed E-state index contributed by atoms with van der Waals surface area (Å²) in [5.74, 6) is 0.358. The third-order valence-electron chi connectivity index (χ3n) is 3.32. The molecule has 2 rings (SSSR count). The van der Waals surface area contributed by atoms with E-state index in [1.807, 2.05) is 19.9 Å². The normalized spacial score (nSPS) is 10.7. The van der Waals surface area contributed by atoms with Gasteiger partial charge >= 0.3 is 0 Å². The number of nitrogens with zero attached hydrogens (tertiary/aromatic N) is 1. The highest BCUT2D eigenvalue weighted by Crippen LogP contribution is 2.25. The van der Waals surface area contributed by atoms with Gasteiger partial charge in [-0.1, -0.05) is 6.92 Å². The van der Waals surface area contributed by atoms with Gasteiger partial charge < -0.3 is 15.0 Å². The average molecular weight is 258 g/mol. The van der Waals surface area contributed by atoms with Gasteiger partial charge in [0.2, 0.25) is 0 Å². The van der Waals surface area contributed by atoms with Crippen molar-refractivity contribution in [2.75, 3.05) is 5.32 Å². The molecule has 0 atom stereocenters. The number of hydrogen-bond donors (Lipinski definition) is 2. The molecular weight excluding hydrogens is 236 g/mol. The van der Waals surface area contributed by atoms with Crippen molar-refractivity contribution in [3.05, 3.63) is 47.3 Å². The maximum absolute atomic E-state index is 9.64. The Morgan fingerprint density at radius 3 is 2.74 bits per heavy atom. The molecule has 0 fully saturated rings. The van der Waals surface area contributed by atoms with Crippen LogP contribution in [0.25, 0.3) is 0 Å². The fourth-order valence-electron chi connectivity index (χ4n) is 2.18. The zero-order valence-electron chi connectivity index (χ0n) is 11.9. The molecule has 0 aliphatic carbocycles. The minimum absolute atomic E-state index is 0.358. The largest absolute Gasteiger partial charge is 0.508 e. The number of aryl methyl sites for hydroxylation is 3. The topological polar surface area (TPSA) is 37.2 Å². The quantitative estimate of drug-likeness (QED) is 0.800. The first kappa shape index (κ1) is 13.5. The number of aromatic hydroxyl groups is 1. The first-order chi connectivity index (χ1) is 9.10. The molecule has 3 nitrogen and oxygen atoms in total. The van der Waals surface area contributed by atoms with Crippen molar-refractivity contribution < 1.29 is 5.11 Å². The molecule has 0 spiro atoms. The van der Waals surface area contributed by atoms with Gasteiger partial charge in [0.1, 0.15) is 5.75 Å². The second-order valence-corrected chi connectivity index (χ2v) is 5.06. The number of phenols is 1. The highest BCUT2D eigenvalue weighted by molar-refractivity contribution is 5.56. The van der Waals surface area contributed by atoms with E-state index in [4.69, 9.17) is 0 Å². The summed E-state index contributed by atoms with van der Waals surface area (Å²) in [4.78, 5) is 0. The van der Waals surface area contributed by atoms with Gasteiger partial charge in [-0.25, -0.2) is 0 Å². The number of rotatable bonds is 5. The fraction of sp³-hybridized carbons (Fsp3) is 0.375. The SMILES string of the molecule is CCCn1ccc(CNc2cc(C)c(O)cc2C)c1. The molecule has 0 aliphatic rings. The van der Waals surface area contributed by atoms with E-state index in [2.05, 4.69) is 35.3 Å². The van der Waals surface area contributed by atoms with Crippen LogP contribution in [0, 0.1) is 13.8 Å². The molecular formula is C16H22N2O. The Hall–Kier alpha value is -1.90. The van der Waals surface area contributed by atoms with Crippen LogP contribution in [0.5, 0.6) is 5.75 Å². The smallest absolute Gasteiger partial charge is 0.118 e. The van der Waals surface area contributed by atoms with Crippen LogP contribution in [0.2, 0.25) is 0 Å². The molecule has 1 aromatic carbocycles. The summed E-state index contributed by atoms with van der Waals surface area (Å²) in [5.41, 5.74) is 4.32. The van der Waals surface area contributed by atoms with Gasteiger partial charge in [-0.2, -0.15) is 0 Å². The molecule has 2 aromatic rings. The first-order valence-corrected chi connectivity index (χ1v) is 6.79. The zero-order chi connectivity index (χ0) is 13.8. The molecule has 0 bridgehead atoms. The molecule has 0 amide bonds. The van der Waals surface area contributed by atoms with Crippen molar-refractivity contribution in [2.24, 2.45) is 0 Å². The van der Waals surface area contributed by atoms with Gasteiger partial charge in [-0.3, -0.25) is 0 Å². The Labute approximate surface area is 114 Å². The number of aromatic nitrogens is 1. The second-order valence-electron chi connectivity index (χ2n) is 5.06. The standard InChI is InChI=1S/C16H22N2O/c1-4-6-18-7-5-14(11-18)10-17-15-8-13(3)16(19)9-12(15)2/h5,7-9,11,17,19H,4,6,10H2,1-3H3. The van der Waals surface area contributed by atoms with Crippen LogP contribution in [0.3, 0.4) is 0 Å².